The van der Waals surface area contributed by atoms with Gasteiger partial charge < -0.3 is 16.2 Å². The third-order valence-electron chi connectivity index (χ3n) is 8.44. The summed E-state index contributed by atoms with van der Waals surface area (Å²) in [5.74, 6) is -0.598. The lowest BCUT2D eigenvalue weighted by atomic mass is 10.0. The molecule has 0 atom stereocenters. The molecule has 0 bridgehead atoms. The van der Waals surface area contributed by atoms with Gasteiger partial charge >= 0.3 is 0 Å². The average molecular weight is 728 g/mol. The summed E-state index contributed by atoms with van der Waals surface area (Å²) in [7, 11) is -4.03. The van der Waals surface area contributed by atoms with Crippen molar-refractivity contribution in [2.75, 3.05) is 5.32 Å². The molecule has 9 nitrogen and oxygen atoms in total. The molecular formula is C42H53N3O6S. The van der Waals surface area contributed by atoms with Crippen LogP contribution in [0.2, 0.25) is 0 Å². The first-order valence-electron chi connectivity index (χ1n) is 18.2. The first-order chi connectivity index (χ1) is 25.2. The van der Waals surface area contributed by atoms with Gasteiger partial charge in [0.1, 0.15) is 5.76 Å². The second kappa shape index (κ2) is 23.5. The lowest BCUT2D eigenvalue weighted by Crippen LogP contribution is -2.30. The van der Waals surface area contributed by atoms with E-state index in [0.29, 0.717) is 42.5 Å². The summed E-state index contributed by atoms with van der Waals surface area (Å²) in [5, 5.41) is 12.1. The van der Waals surface area contributed by atoms with Crippen molar-refractivity contribution in [2.24, 2.45) is 5.73 Å². The number of rotatable bonds is 24. The highest BCUT2D eigenvalue weighted by Gasteiger charge is 2.17. The number of nitrogens with two attached hydrogens (primary N) is 1. The van der Waals surface area contributed by atoms with Crippen molar-refractivity contribution < 1.29 is 27.9 Å². The number of nitrogens with one attached hydrogen (secondary N) is 2. The van der Waals surface area contributed by atoms with Crippen molar-refractivity contribution in [3.63, 3.8) is 0 Å². The number of benzene rings is 3. The molecule has 52 heavy (non-hydrogen) atoms. The van der Waals surface area contributed by atoms with E-state index in [1.165, 1.54) is 56.1 Å². The normalized spacial score (nSPS) is 12.0. The Hall–Kier alpha value is -4.96. The number of hydrogen-bond donors (Lipinski definition) is 4. The van der Waals surface area contributed by atoms with Crippen molar-refractivity contribution in [3.05, 3.63) is 132 Å². The minimum Gasteiger partial charge on any atom is -0.511 e. The molecule has 3 rings (SSSR count). The van der Waals surface area contributed by atoms with Crippen LogP contribution in [0.3, 0.4) is 0 Å². The molecule has 0 aliphatic rings. The molecule has 0 aliphatic heterocycles. The van der Waals surface area contributed by atoms with Crippen LogP contribution in [-0.4, -0.2) is 31.1 Å². The number of hydrogen-bond acceptors (Lipinski definition) is 7. The molecule has 0 unspecified atom stereocenters. The number of allylic oxidation sites excluding steroid dienone is 5. The Morgan fingerprint density at radius 1 is 0.615 bits per heavy atom. The van der Waals surface area contributed by atoms with Gasteiger partial charge in [-0.3, -0.25) is 14.4 Å². The third kappa shape index (κ3) is 16.4. The highest BCUT2D eigenvalue weighted by molar-refractivity contribution is 7.90. The Morgan fingerprint density at radius 3 is 1.75 bits per heavy atom. The Balaban J connectivity index is 1.24. The number of carbonyl (C=O) groups is 3. The second-order valence-electron chi connectivity index (χ2n) is 12.7. The van der Waals surface area contributed by atoms with Gasteiger partial charge in [0, 0.05) is 42.3 Å². The van der Waals surface area contributed by atoms with Crippen LogP contribution >= 0.6 is 0 Å². The Morgan fingerprint density at radius 2 is 1.15 bits per heavy atom. The fraction of sp³-hybridized carbons (Fsp3) is 0.357. The smallest absolute Gasteiger partial charge is 0.264 e. The summed E-state index contributed by atoms with van der Waals surface area (Å²) in [6.07, 6.45) is 22.3. The number of unbranched alkanes of at least 4 members (excludes halogenated alkanes) is 8. The van der Waals surface area contributed by atoms with Gasteiger partial charge in [-0.2, -0.15) is 0 Å². The van der Waals surface area contributed by atoms with Crippen molar-refractivity contribution in [2.45, 2.75) is 101 Å². The standard InChI is InChI=1S/C42H53N3O6S/c43-33-38(46)21-17-12-10-8-6-4-2-1-3-5-7-9-11-13-18-22-41(48)45-52(50,51)39-30-28-37(29-31-39)44-40(47)32-25-34-23-26-36(27-24-34)42(49)35-19-15-14-16-20-35/h8-11,14-16,19-20,23-24,26-31,33,46H,1-7,12-13,17-18,21-22,25,32,43H2,(H,44,47)(H,45,48)/b10-8-,11-9-,38-33-. The molecule has 0 heterocycles. The van der Waals surface area contributed by atoms with E-state index in [1.807, 2.05) is 36.4 Å². The number of sulfonamides is 1. The fourth-order valence-electron chi connectivity index (χ4n) is 5.43. The molecule has 0 aromatic heterocycles. The van der Waals surface area contributed by atoms with Crippen LogP contribution in [-0.2, 0) is 26.0 Å². The molecule has 3 aromatic rings. The van der Waals surface area contributed by atoms with Crippen LogP contribution in [0.5, 0.6) is 0 Å². The maximum absolute atomic E-state index is 12.7. The van der Waals surface area contributed by atoms with E-state index in [2.05, 4.69) is 28.3 Å². The monoisotopic (exact) mass is 727 g/mol. The second-order valence-corrected chi connectivity index (χ2v) is 14.4. The largest absolute Gasteiger partial charge is 0.511 e. The molecule has 0 aliphatic carbocycles. The Bertz CT molecular complexity index is 1730. The third-order valence-corrected chi connectivity index (χ3v) is 9.82. The summed E-state index contributed by atoms with van der Waals surface area (Å²) in [6, 6.07) is 21.9. The summed E-state index contributed by atoms with van der Waals surface area (Å²) in [5.41, 5.74) is 7.80. The first kappa shape index (κ1) is 41.5. The topological polar surface area (TPSA) is 156 Å². The van der Waals surface area contributed by atoms with Crippen molar-refractivity contribution in [1.82, 2.24) is 4.72 Å². The lowest BCUT2D eigenvalue weighted by Gasteiger charge is -2.09. The molecule has 0 saturated carbocycles. The predicted octanol–water partition coefficient (Wildman–Crippen LogP) is 8.84. The molecule has 0 radical (unpaired) electrons. The van der Waals surface area contributed by atoms with Gasteiger partial charge in [-0.05, 0) is 87.6 Å². The van der Waals surface area contributed by atoms with Gasteiger partial charge in [-0.15, -0.1) is 0 Å². The molecule has 2 amide bonds. The van der Waals surface area contributed by atoms with Crippen LogP contribution in [0.15, 0.2) is 120 Å². The van der Waals surface area contributed by atoms with Gasteiger partial charge in [0.2, 0.25) is 11.8 Å². The van der Waals surface area contributed by atoms with E-state index >= 15 is 0 Å². The molecular weight excluding hydrogens is 675 g/mol. The zero-order valence-electron chi connectivity index (χ0n) is 30.0. The minimum atomic E-state index is -4.03. The Labute approximate surface area is 309 Å². The minimum absolute atomic E-state index is 0.0595. The highest BCUT2D eigenvalue weighted by atomic mass is 32.2. The van der Waals surface area contributed by atoms with Crippen LogP contribution in [0.1, 0.15) is 111 Å². The van der Waals surface area contributed by atoms with Crippen LogP contribution in [0, 0.1) is 0 Å². The predicted molar refractivity (Wildman–Crippen MR) is 208 cm³/mol. The highest BCUT2D eigenvalue weighted by Crippen LogP contribution is 2.17. The van der Waals surface area contributed by atoms with Crippen molar-refractivity contribution in [1.29, 1.82) is 0 Å². The number of carbonyl (C=O) groups excluding carboxylic acids is 3. The number of aryl methyl sites for hydroxylation is 1. The molecule has 0 spiro atoms. The molecule has 278 valence electrons. The van der Waals surface area contributed by atoms with E-state index in [-0.39, 0.29) is 35.2 Å². The molecule has 5 N–H and O–H groups in total. The molecule has 3 aromatic carbocycles. The van der Waals surface area contributed by atoms with E-state index < -0.39 is 15.9 Å². The number of aliphatic hydroxyl groups excluding tert-OH is 1. The number of ketones is 1. The van der Waals surface area contributed by atoms with E-state index in [4.69, 9.17) is 5.73 Å². The van der Waals surface area contributed by atoms with Crippen molar-refractivity contribution >= 4 is 33.3 Å². The fourth-order valence-corrected chi connectivity index (χ4v) is 6.44. The summed E-state index contributed by atoms with van der Waals surface area (Å²) in [6.45, 7) is 0. The van der Waals surface area contributed by atoms with Crippen LogP contribution < -0.4 is 15.8 Å². The SMILES string of the molecule is N/C=C(\O)CCC/C=C\CCCCCCC/C=C\CCCC(=O)NS(=O)(=O)c1ccc(NC(=O)CCc2ccc(C(=O)c3ccccc3)cc2)cc1. The van der Waals surface area contributed by atoms with Crippen LogP contribution in [0.25, 0.3) is 0 Å². The summed E-state index contributed by atoms with van der Waals surface area (Å²) < 4.78 is 27.6. The summed E-state index contributed by atoms with van der Waals surface area (Å²) >= 11 is 0. The van der Waals surface area contributed by atoms with E-state index in [9.17, 15) is 27.9 Å². The maximum Gasteiger partial charge on any atom is 0.264 e. The summed E-state index contributed by atoms with van der Waals surface area (Å²) in [4.78, 5) is 37.4. The quantitative estimate of drug-likeness (QED) is 0.0311. The molecule has 0 saturated heterocycles. The average Bonchev–Trinajstić information content (AvgIpc) is 3.15. The van der Waals surface area contributed by atoms with Gasteiger partial charge in [-0.1, -0.05) is 98.2 Å². The molecule has 0 fully saturated rings. The van der Waals surface area contributed by atoms with E-state index in [0.717, 1.165) is 37.7 Å². The van der Waals surface area contributed by atoms with Gasteiger partial charge in [0.25, 0.3) is 10.0 Å². The maximum atomic E-state index is 12.7. The zero-order chi connectivity index (χ0) is 37.4. The van der Waals surface area contributed by atoms with Gasteiger partial charge in [-0.25, -0.2) is 13.1 Å². The van der Waals surface area contributed by atoms with Gasteiger partial charge in [0.05, 0.1) is 4.90 Å². The van der Waals surface area contributed by atoms with Gasteiger partial charge in [0.15, 0.2) is 5.78 Å². The van der Waals surface area contributed by atoms with Crippen LogP contribution in [0.4, 0.5) is 5.69 Å². The van der Waals surface area contributed by atoms with Crippen molar-refractivity contribution in [3.8, 4) is 0 Å². The Kier molecular flexibility index (Phi) is 18.7. The lowest BCUT2D eigenvalue weighted by molar-refractivity contribution is -0.119. The number of aliphatic hydroxyl groups is 1. The number of amides is 2. The number of anilines is 1. The van der Waals surface area contributed by atoms with E-state index in [1.54, 1.807) is 24.3 Å². The zero-order valence-corrected chi connectivity index (χ0v) is 30.8. The first-order valence-corrected chi connectivity index (χ1v) is 19.7. The molecule has 10 heteroatoms.